The van der Waals surface area contributed by atoms with Gasteiger partial charge in [0.15, 0.2) is 11.5 Å². The van der Waals surface area contributed by atoms with Gasteiger partial charge >= 0.3 is 0 Å². The molecule has 0 radical (unpaired) electrons. The van der Waals surface area contributed by atoms with Gasteiger partial charge < -0.3 is 14.8 Å². The minimum Gasteiger partial charge on any atom is -0.493 e. The van der Waals surface area contributed by atoms with E-state index in [0.717, 1.165) is 22.5 Å². The van der Waals surface area contributed by atoms with Gasteiger partial charge in [0, 0.05) is 17.9 Å². The molecule has 6 heteroatoms. The molecule has 6 nitrogen and oxygen atoms in total. The molecule has 1 atom stereocenters. The van der Waals surface area contributed by atoms with Crippen molar-refractivity contribution in [3.05, 3.63) is 71.4 Å². The van der Waals surface area contributed by atoms with Crippen LogP contribution in [0.1, 0.15) is 29.0 Å². The van der Waals surface area contributed by atoms with Crippen molar-refractivity contribution in [1.29, 1.82) is 0 Å². The third-order valence-electron chi connectivity index (χ3n) is 4.88. The monoisotopic (exact) mass is 363 g/mol. The van der Waals surface area contributed by atoms with E-state index in [2.05, 4.69) is 10.4 Å². The van der Waals surface area contributed by atoms with Crippen molar-refractivity contribution < 1.29 is 14.3 Å². The average molecular weight is 363 g/mol. The molecule has 1 aliphatic heterocycles. The molecule has 0 bridgehead atoms. The van der Waals surface area contributed by atoms with Crippen LogP contribution in [0.2, 0.25) is 0 Å². The summed E-state index contributed by atoms with van der Waals surface area (Å²) < 4.78 is 12.6. The van der Waals surface area contributed by atoms with Crippen LogP contribution < -0.4 is 14.8 Å². The number of anilines is 1. The third-order valence-corrected chi connectivity index (χ3v) is 4.88. The van der Waals surface area contributed by atoms with Crippen LogP contribution in [0.4, 0.5) is 5.82 Å². The van der Waals surface area contributed by atoms with Crippen molar-refractivity contribution in [3.8, 4) is 11.5 Å². The molecule has 138 valence electrons. The number of carbonyl (C=O) groups excluding carboxylic acids is 1. The van der Waals surface area contributed by atoms with Crippen LogP contribution in [-0.4, -0.2) is 29.9 Å². The highest BCUT2D eigenvalue weighted by Crippen LogP contribution is 2.40. The lowest BCUT2D eigenvalue weighted by Gasteiger charge is -2.24. The number of fused-ring (bicyclic) bond motifs is 1. The summed E-state index contributed by atoms with van der Waals surface area (Å²) in [5, 5.41) is 7.51. The first-order chi connectivity index (χ1) is 13.2. The topological polar surface area (TPSA) is 65.4 Å². The summed E-state index contributed by atoms with van der Waals surface area (Å²) in [6, 6.07) is 15.8. The van der Waals surface area contributed by atoms with E-state index in [-0.39, 0.29) is 11.8 Å². The lowest BCUT2D eigenvalue weighted by Crippen LogP contribution is -2.25. The van der Waals surface area contributed by atoms with Gasteiger partial charge in [-0.3, -0.25) is 4.79 Å². The maximum absolute atomic E-state index is 12.4. The Hall–Kier alpha value is -3.28. The van der Waals surface area contributed by atoms with Gasteiger partial charge in [-0.1, -0.05) is 36.4 Å². The maximum Gasteiger partial charge on any atom is 0.226 e. The van der Waals surface area contributed by atoms with Gasteiger partial charge in [0.2, 0.25) is 5.91 Å². The van der Waals surface area contributed by atoms with Crippen molar-refractivity contribution in [1.82, 2.24) is 9.78 Å². The van der Waals surface area contributed by atoms with Crippen LogP contribution >= 0.6 is 0 Å². The van der Waals surface area contributed by atoms with E-state index in [1.54, 1.807) is 14.2 Å². The second-order valence-electron chi connectivity index (χ2n) is 6.51. The van der Waals surface area contributed by atoms with Crippen molar-refractivity contribution in [2.24, 2.45) is 0 Å². The van der Waals surface area contributed by atoms with Gasteiger partial charge in [-0.25, -0.2) is 4.68 Å². The number of nitrogens with zero attached hydrogens (tertiary/aromatic N) is 2. The van der Waals surface area contributed by atoms with Crippen molar-refractivity contribution in [3.63, 3.8) is 0 Å². The molecule has 0 fully saturated rings. The molecule has 0 unspecified atom stereocenters. The number of amides is 1. The first kappa shape index (κ1) is 17.1. The Labute approximate surface area is 157 Å². The summed E-state index contributed by atoms with van der Waals surface area (Å²) >= 11 is 0. The van der Waals surface area contributed by atoms with Crippen molar-refractivity contribution >= 4 is 11.7 Å². The van der Waals surface area contributed by atoms with Gasteiger partial charge in [0.25, 0.3) is 0 Å². The van der Waals surface area contributed by atoms with E-state index in [0.29, 0.717) is 24.5 Å². The fraction of sp³-hybridized carbons (Fsp3) is 0.238. The molecule has 4 rings (SSSR count). The van der Waals surface area contributed by atoms with Crippen LogP contribution in [0.25, 0.3) is 0 Å². The zero-order valence-electron chi connectivity index (χ0n) is 15.3. The zero-order chi connectivity index (χ0) is 18.8. The molecular weight excluding hydrogens is 342 g/mol. The van der Waals surface area contributed by atoms with E-state index in [4.69, 9.17) is 9.47 Å². The lowest BCUT2D eigenvalue weighted by molar-refractivity contribution is -0.116. The Bertz CT molecular complexity index is 966. The lowest BCUT2D eigenvalue weighted by atomic mass is 9.87. The van der Waals surface area contributed by atoms with Crippen molar-refractivity contribution in [2.75, 3.05) is 19.5 Å². The predicted octanol–water partition coefficient (Wildman–Crippen LogP) is 3.42. The number of hydrogen-bond acceptors (Lipinski definition) is 4. The molecule has 0 aliphatic carbocycles. The van der Waals surface area contributed by atoms with E-state index >= 15 is 0 Å². The Morgan fingerprint density at radius 3 is 2.63 bits per heavy atom. The maximum atomic E-state index is 12.4. The first-order valence-corrected chi connectivity index (χ1v) is 8.81. The van der Waals surface area contributed by atoms with Gasteiger partial charge in [-0.2, -0.15) is 5.10 Å². The first-order valence-electron chi connectivity index (χ1n) is 8.81. The molecule has 3 aromatic rings. The average Bonchev–Trinajstić information content (AvgIpc) is 3.10. The highest BCUT2D eigenvalue weighted by atomic mass is 16.5. The van der Waals surface area contributed by atoms with Gasteiger partial charge in [-0.15, -0.1) is 0 Å². The SMILES string of the molecule is COc1ccc([C@@H]2CC(=O)Nc3c2cnn3Cc2ccccc2)cc1OC. The smallest absolute Gasteiger partial charge is 0.226 e. The Balaban J connectivity index is 1.71. The molecule has 2 heterocycles. The Kier molecular flexibility index (Phi) is 4.54. The number of methoxy groups -OCH3 is 2. The van der Waals surface area contributed by atoms with Gasteiger partial charge in [0.1, 0.15) is 5.82 Å². The normalized spacial score (nSPS) is 15.8. The fourth-order valence-electron chi connectivity index (χ4n) is 3.51. The quantitative estimate of drug-likeness (QED) is 0.754. The zero-order valence-corrected chi connectivity index (χ0v) is 15.3. The number of rotatable bonds is 5. The summed E-state index contributed by atoms with van der Waals surface area (Å²) in [4.78, 5) is 12.4. The Morgan fingerprint density at radius 2 is 1.89 bits per heavy atom. The van der Waals surface area contributed by atoms with Crippen LogP contribution in [0.3, 0.4) is 0 Å². The minimum atomic E-state index is -0.0712. The number of hydrogen-bond donors (Lipinski definition) is 1. The van der Waals surface area contributed by atoms with Gasteiger partial charge in [0.05, 0.1) is 27.0 Å². The summed E-state index contributed by atoms with van der Waals surface area (Å²) in [5.41, 5.74) is 3.15. The number of carbonyl (C=O) groups is 1. The van der Waals surface area contributed by atoms with Crippen LogP contribution in [0.15, 0.2) is 54.7 Å². The van der Waals surface area contributed by atoms with E-state index in [9.17, 15) is 4.79 Å². The predicted molar refractivity (Wildman–Crippen MR) is 102 cm³/mol. The molecule has 1 aliphatic rings. The third kappa shape index (κ3) is 3.26. The number of nitrogens with one attached hydrogen (secondary N) is 1. The summed E-state index contributed by atoms with van der Waals surface area (Å²) in [6.45, 7) is 0.606. The highest BCUT2D eigenvalue weighted by Gasteiger charge is 2.30. The number of benzene rings is 2. The molecule has 1 aromatic heterocycles. The number of aromatic nitrogens is 2. The standard InChI is InChI=1S/C21H21N3O3/c1-26-18-9-8-15(10-19(18)27-2)16-11-20(25)23-21-17(16)12-22-24(21)13-14-6-4-3-5-7-14/h3-10,12,16H,11,13H2,1-2H3,(H,23,25)/t16-/m0/s1. The van der Waals surface area contributed by atoms with Crippen molar-refractivity contribution in [2.45, 2.75) is 18.9 Å². The number of ether oxygens (including phenoxy) is 2. The molecular formula is C21H21N3O3. The van der Waals surface area contributed by atoms with E-state index in [1.807, 2.05) is 59.4 Å². The molecule has 1 N–H and O–H groups in total. The molecule has 0 saturated carbocycles. The molecule has 1 amide bonds. The van der Waals surface area contributed by atoms with Crippen LogP contribution in [-0.2, 0) is 11.3 Å². The van der Waals surface area contributed by atoms with E-state index < -0.39 is 0 Å². The molecule has 0 saturated heterocycles. The van der Waals surface area contributed by atoms with Crippen LogP contribution in [0.5, 0.6) is 11.5 Å². The highest BCUT2D eigenvalue weighted by molar-refractivity contribution is 5.94. The molecule has 27 heavy (non-hydrogen) atoms. The fourth-order valence-corrected chi connectivity index (χ4v) is 3.51. The second kappa shape index (κ2) is 7.15. The van der Waals surface area contributed by atoms with Gasteiger partial charge in [-0.05, 0) is 23.3 Å². The second-order valence-corrected chi connectivity index (χ2v) is 6.51. The summed E-state index contributed by atoms with van der Waals surface area (Å²) in [6.07, 6.45) is 2.22. The summed E-state index contributed by atoms with van der Waals surface area (Å²) in [5.74, 6) is 1.99. The largest absolute Gasteiger partial charge is 0.493 e. The summed E-state index contributed by atoms with van der Waals surface area (Å²) in [7, 11) is 3.22. The van der Waals surface area contributed by atoms with Crippen LogP contribution in [0, 0.1) is 0 Å². The van der Waals surface area contributed by atoms with E-state index in [1.165, 1.54) is 0 Å². The molecule has 0 spiro atoms. The Morgan fingerprint density at radius 1 is 1.11 bits per heavy atom. The minimum absolute atomic E-state index is 0.0166. The molecule has 2 aromatic carbocycles.